The van der Waals surface area contributed by atoms with Crippen molar-refractivity contribution in [3.63, 3.8) is 0 Å². The molecule has 154 valence electrons. The SMILES string of the molecule is COc1ccc(COCCN(CC2CC2)C(=O)c2cccc([N+](=O)[O-])c2F)cc1. The first-order valence-electron chi connectivity index (χ1n) is 9.42. The van der Waals surface area contributed by atoms with Gasteiger partial charge >= 0.3 is 5.69 Å². The fraction of sp³-hybridized carbons (Fsp3) is 0.381. The minimum absolute atomic E-state index is 0.279. The van der Waals surface area contributed by atoms with E-state index in [2.05, 4.69) is 0 Å². The van der Waals surface area contributed by atoms with E-state index in [9.17, 15) is 19.3 Å². The lowest BCUT2D eigenvalue weighted by Gasteiger charge is -2.23. The lowest BCUT2D eigenvalue weighted by molar-refractivity contribution is -0.387. The highest BCUT2D eigenvalue weighted by Gasteiger charge is 2.30. The second kappa shape index (κ2) is 9.47. The molecule has 2 aromatic rings. The van der Waals surface area contributed by atoms with Gasteiger partial charge in [0.2, 0.25) is 5.82 Å². The largest absolute Gasteiger partial charge is 0.497 e. The highest BCUT2D eigenvalue weighted by molar-refractivity contribution is 5.95. The van der Waals surface area contributed by atoms with Crippen molar-refractivity contribution in [1.29, 1.82) is 0 Å². The highest BCUT2D eigenvalue weighted by atomic mass is 19.1. The van der Waals surface area contributed by atoms with Crippen molar-refractivity contribution in [2.45, 2.75) is 19.4 Å². The van der Waals surface area contributed by atoms with Crippen molar-refractivity contribution in [2.24, 2.45) is 5.92 Å². The molecular weight excluding hydrogens is 379 g/mol. The Labute approximate surface area is 168 Å². The number of carbonyl (C=O) groups excluding carboxylic acids is 1. The number of nitrogens with zero attached hydrogens (tertiary/aromatic N) is 2. The number of benzene rings is 2. The molecule has 0 atom stereocenters. The molecule has 1 fully saturated rings. The summed E-state index contributed by atoms with van der Waals surface area (Å²) in [5, 5.41) is 11.0. The Morgan fingerprint density at radius 1 is 1.24 bits per heavy atom. The molecule has 7 nitrogen and oxygen atoms in total. The van der Waals surface area contributed by atoms with Gasteiger partial charge in [0.1, 0.15) is 5.75 Å². The average molecular weight is 402 g/mol. The molecule has 8 heteroatoms. The number of methoxy groups -OCH3 is 1. The van der Waals surface area contributed by atoms with Crippen LogP contribution in [-0.2, 0) is 11.3 Å². The van der Waals surface area contributed by atoms with Crippen LogP contribution in [0, 0.1) is 21.8 Å². The third kappa shape index (κ3) is 5.51. The lowest BCUT2D eigenvalue weighted by atomic mass is 10.1. The minimum atomic E-state index is -1.09. The topological polar surface area (TPSA) is 81.9 Å². The second-order valence-electron chi connectivity index (χ2n) is 6.99. The summed E-state index contributed by atoms with van der Waals surface area (Å²) in [4.78, 5) is 24.5. The predicted molar refractivity (Wildman–Crippen MR) is 104 cm³/mol. The lowest BCUT2D eigenvalue weighted by Crippen LogP contribution is -2.36. The van der Waals surface area contributed by atoms with Crippen LogP contribution >= 0.6 is 0 Å². The molecule has 2 aromatic carbocycles. The van der Waals surface area contributed by atoms with Crippen LogP contribution in [0.5, 0.6) is 5.75 Å². The number of nitro groups is 1. The fourth-order valence-electron chi connectivity index (χ4n) is 2.97. The van der Waals surface area contributed by atoms with E-state index in [0.717, 1.165) is 30.2 Å². The molecule has 1 aliphatic rings. The summed E-state index contributed by atoms with van der Waals surface area (Å²) in [6.07, 6.45) is 2.04. The van der Waals surface area contributed by atoms with E-state index in [1.807, 2.05) is 24.3 Å². The summed E-state index contributed by atoms with van der Waals surface area (Å²) in [7, 11) is 1.60. The molecule has 0 saturated heterocycles. The first-order chi connectivity index (χ1) is 14.0. The van der Waals surface area contributed by atoms with E-state index in [0.29, 0.717) is 19.1 Å². The number of carbonyl (C=O) groups is 1. The molecule has 1 aliphatic carbocycles. The third-order valence-electron chi connectivity index (χ3n) is 4.80. The van der Waals surface area contributed by atoms with Gasteiger partial charge in [0, 0.05) is 19.2 Å². The van der Waals surface area contributed by atoms with E-state index in [1.165, 1.54) is 17.0 Å². The molecule has 0 spiro atoms. The van der Waals surface area contributed by atoms with Crippen molar-refractivity contribution in [3.05, 3.63) is 69.5 Å². The Bertz CT molecular complexity index is 868. The predicted octanol–water partition coefficient (Wildman–Crippen LogP) is 3.81. The maximum Gasteiger partial charge on any atom is 0.305 e. The number of hydrogen-bond acceptors (Lipinski definition) is 5. The number of hydrogen-bond donors (Lipinski definition) is 0. The van der Waals surface area contributed by atoms with Crippen LogP contribution in [0.1, 0.15) is 28.8 Å². The molecule has 29 heavy (non-hydrogen) atoms. The van der Waals surface area contributed by atoms with E-state index in [1.54, 1.807) is 7.11 Å². The van der Waals surface area contributed by atoms with E-state index >= 15 is 0 Å². The zero-order valence-corrected chi connectivity index (χ0v) is 16.2. The van der Waals surface area contributed by atoms with Crippen molar-refractivity contribution < 1.29 is 23.6 Å². The fourth-order valence-corrected chi connectivity index (χ4v) is 2.97. The van der Waals surface area contributed by atoms with Crippen LogP contribution in [0.25, 0.3) is 0 Å². The highest BCUT2D eigenvalue weighted by Crippen LogP contribution is 2.30. The van der Waals surface area contributed by atoms with Crippen LogP contribution in [0.3, 0.4) is 0 Å². The van der Waals surface area contributed by atoms with Gasteiger partial charge in [-0.2, -0.15) is 4.39 Å². The average Bonchev–Trinajstić information content (AvgIpc) is 3.54. The van der Waals surface area contributed by atoms with Gasteiger partial charge in [-0.1, -0.05) is 18.2 Å². The number of amides is 1. The number of ether oxygens (including phenoxy) is 2. The zero-order valence-electron chi connectivity index (χ0n) is 16.2. The van der Waals surface area contributed by atoms with Gasteiger partial charge in [-0.05, 0) is 42.5 Å². The normalized spacial score (nSPS) is 13.2. The molecular formula is C21H23FN2O5. The van der Waals surface area contributed by atoms with Gasteiger partial charge < -0.3 is 14.4 Å². The van der Waals surface area contributed by atoms with Crippen LogP contribution < -0.4 is 4.74 Å². The Morgan fingerprint density at radius 2 is 1.97 bits per heavy atom. The summed E-state index contributed by atoms with van der Waals surface area (Å²) >= 11 is 0. The molecule has 0 unspecified atom stereocenters. The summed E-state index contributed by atoms with van der Waals surface area (Å²) in [5.74, 6) is -0.496. The number of halogens is 1. The second-order valence-corrected chi connectivity index (χ2v) is 6.99. The number of nitro benzene ring substituents is 1. The minimum Gasteiger partial charge on any atom is -0.497 e. The standard InChI is InChI=1S/C21H23FN2O5/c1-28-17-9-7-16(8-10-17)14-29-12-11-23(13-15-5-6-15)21(25)18-3-2-4-19(20(18)22)24(26)27/h2-4,7-10,15H,5-6,11-14H2,1H3. The maximum absolute atomic E-state index is 14.4. The Balaban J connectivity index is 1.61. The van der Waals surface area contributed by atoms with Crippen molar-refractivity contribution >= 4 is 11.6 Å². The van der Waals surface area contributed by atoms with Gasteiger partial charge in [0.15, 0.2) is 0 Å². The van der Waals surface area contributed by atoms with E-state index in [-0.39, 0.29) is 18.7 Å². The Kier molecular flexibility index (Phi) is 6.77. The van der Waals surface area contributed by atoms with E-state index < -0.39 is 22.3 Å². The quantitative estimate of drug-likeness (QED) is 0.343. The first-order valence-corrected chi connectivity index (χ1v) is 9.42. The zero-order chi connectivity index (χ0) is 20.8. The van der Waals surface area contributed by atoms with E-state index in [4.69, 9.17) is 9.47 Å². The molecule has 1 amide bonds. The van der Waals surface area contributed by atoms with Gasteiger partial charge in [-0.15, -0.1) is 0 Å². The van der Waals surface area contributed by atoms with Crippen LogP contribution in [-0.4, -0.2) is 42.5 Å². The molecule has 0 aromatic heterocycles. The number of rotatable bonds is 10. The summed E-state index contributed by atoms with van der Waals surface area (Å²) in [5.41, 5.74) is -0.0106. The van der Waals surface area contributed by atoms with Crippen LogP contribution in [0.15, 0.2) is 42.5 Å². The third-order valence-corrected chi connectivity index (χ3v) is 4.80. The Hall–Kier alpha value is -3.00. The summed E-state index contributed by atoms with van der Waals surface area (Å²) < 4.78 is 25.2. The molecule has 3 rings (SSSR count). The molecule has 0 N–H and O–H groups in total. The van der Waals surface area contributed by atoms with Crippen molar-refractivity contribution in [1.82, 2.24) is 4.90 Å². The van der Waals surface area contributed by atoms with Crippen LogP contribution in [0.2, 0.25) is 0 Å². The summed E-state index contributed by atoms with van der Waals surface area (Å²) in [6.45, 7) is 1.43. The van der Waals surface area contributed by atoms with Gasteiger partial charge in [0.25, 0.3) is 5.91 Å². The molecule has 0 aliphatic heterocycles. The van der Waals surface area contributed by atoms with Crippen molar-refractivity contribution in [2.75, 3.05) is 26.8 Å². The maximum atomic E-state index is 14.4. The molecule has 0 heterocycles. The molecule has 0 radical (unpaired) electrons. The Morgan fingerprint density at radius 3 is 2.59 bits per heavy atom. The first kappa shape index (κ1) is 20.7. The van der Waals surface area contributed by atoms with Gasteiger partial charge in [-0.3, -0.25) is 14.9 Å². The smallest absolute Gasteiger partial charge is 0.305 e. The molecule has 1 saturated carbocycles. The van der Waals surface area contributed by atoms with Gasteiger partial charge in [0.05, 0.1) is 30.8 Å². The monoisotopic (exact) mass is 402 g/mol. The molecule has 0 bridgehead atoms. The van der Waals surface area contributed by atoms with Crippen molar-refractivity contribution in [3.8, 4) is 5.75 Å². The van der Waals surface area contributed by atoms with Crippen LogP contribution in [0.4, 0.5) is 10.1 Å². The van der Waals surface area contributed by atoms with Gasteiger partial charge in [-0.25, -0.2) is 0 Å². The summed E-state index contributed by atoms with van der Waals surface area (Å²) in [6, 6.07) is 11.1.